The van der Waals surface area contributed by atoms with Crippen molar-refractivity contribution in [1.29, 1.82) is 5.26 Å². The van der Waals surface area contributed by atoms with Crippen molar-refractivity contribution in [1.82, 2.24) is 0 Å². The number of benzene rings is 12. The Hall–Kier alpha value is -10.4. The van der Waals surface area contributed by atoms with Gasteiger partial charge in [-0.05, 0) is 172 Å². The van der Waals surface area contributed by atoms with Gasteiger partial charge in [-0.2, -0.15) is 5.26 Å². The van der Waals surface area contributed by atoms with Crippen LogP contribution in [-0.4, -0.2) is 14.1 Å². The van der Waals surface area contributed by atoms with Crippen molar-refractivity contribution < 1.29 is 0 Å². The molecule has 12 rings (SSSR count). The minimum atomic E-state index is 0.657. The molecule has 0 amide bonds. The minimum Gasteiger partial charge on any atom is -0.345 e. The van der Waals surface area contributed by atoms with Crippen LogP contribution < -0.4 is 19.6 Å². The average molecular weight is 1000 g/mol. The van der Waals surface area contributed by atoms with Gasteiger partial charge in [0.25, 0.3) is 0 Å². The second-order valence-corrected chi connectivity index (χ2v) is 19.1. The van der Waals surface area contributed by atoms with Crippen molar-refractivity contribution in [3.63, 3.8) is 0 Å². The number of hydrogen-bond donors (Lipinski definition) is 0. The first-order chi connectivity index (χ1) is 38.5. The molecule has 0 aliphatic rings. The lowest BCUT2D eigenvalue weighted by Crippen LogP contribution is -2.09. The fourth-order valence-electron chi connectivity index (χ4n) is 9.89. The Balaban J connectivity index is 0.000000165. The number of nitriles is 1. The number of anilines is 10. The Labute approximate surface area is 458 Å². The second-order valence-electron chi connectivity index (χ2n) is 19.1. The maximum atomic E-state index is 9.23. The summed E-state index contributed by atoms with van der Waals surface area (Å²) in [5.41, 5.74) is 18.9. The van der Waals surface area contributed by atoms with Crippen molar-refractivity contribution in [3.8, 4) is 39.4 Å². The van der Waals surface area contributed by atoms with Gasteiger partial charge >= 0.3 is 0 Å². The third-order valence-corrected chi connectivity index (χ3v) is 14.2. The molecule has 0 saturated heterocycles. The molecule has 0 fully saturated rings. The minimum absolute atomic E-state index is 0.657. The molecule has 0 heterocycles. The van der Waals surface area contributed by atoms with E-state index in [1.807, 2.05) is 43.4 Å². The van der Waals surface area contributed by atoms with Crippen LogP contribution in [0.3, 0.4) is 0 Å². The normalized spacial score (nSPS) is 10.7. The van der Waals surface area contributed by atoms with Gasteiger partial charge in [0.15, 0.2) is 0 Å². The van der Waals surface area contributed by atoms with Crippen LogP contribution in [0.1, 0.15) is 5.56 Å². The van der Waals surface area contributed by atoms with Gasteiger partial charge in [-0.1, -0.05) is 182 Å². The SMILES string of the molecule is CN(c1ccc(-c2ccc(N(c3ccccc3)c3ccc4ccccc4c3)cc2)cc1)c1cccc(C#N)c1.CN(c1ccccc1)c1ccc(-c2ccc(N(c3ccccc3)c3ccc(-c4ccccc4)cc3)cc2)cc1. The van der Waals surface area contributed by atoms with E-state index in [1.165, 1.54) is 38.7 Å². The number of fused-ring (bicyclic) bond motifs is 1. The van der Waals surface area contributed by atoms with E-state index in [-0.39, 0.29) is 0 Å². The van der Waals surface area contributed by atoms with E-state index in [1.54, 1.807) is 0 Å². The molecule has 374 valence electrons. The van der Waals surface area contributed by atoms with Crippen molar-refractivity contribution >= 4 is 67.6 Å². The van der Waals surface area contributed by atoms with Gasteiger partial charge in [0.2, 0.25) is 0 Å². The molecular weight excluding hydrogens is 947 g/mol. The van der Waals surface area contributed by atoms with Gasteiger partial charge in [0.1, 0.15) is 0 Å². The van der Waals surface area contributed by atoms with Gasteiger partial charge in [0.05, 0.1) is 11.6 Å². The molecule has 0 unspecified atom stereocenters. The number of para-hydroxylation sites is 3. The van der Waals surface area contributed by atoms with Crippen molar-refractivity contribution in [3.05, 3.63) is 315 Å². The number of nitrogens with zero attached hydrogens (tertiary/aromatic N) is 5. The summed E-state index contributed by atoms with van der Waals surface area (Å²) in [4.78, 5) is 8.89. The van der Waals surface area contributed by atoms with E-state index in [9.17, 15) is 5.26 Å². The van der Waals surface area contributed by atoms with E-state index in [0.717, 1.165) is 62.3 Å². The molecule has 0 atom stereocenters. The lowest BCUT2D eigenvalue weighted by molar-refractivity contribution is 1.21. The van der Waals surface area contributed by atoms with Gasteiger partial charge in [-0.3, -0.25) is 0 Å². The Kier molecular flexibility index (Phi) is 15.0. The number of rotatable bonds is 13. The summed E-state index contributed by atoms with van der Waals surface area (Å²) < 4.78 is 0. The molecule has 0 aromatic heterocycles. The summed E-state index contributed by atoms with van der Waals surface area (Å²) in [6.45, 7) is 0. The molecule has 0 radical (unpaired) electrons. The molecule has 78 heavy (non-hydrogen) atoms. The first-order valence-corrected chi connectivity index (χ1v) is 26.2. The molecule has 0 spiro atoms. The Morgan fingerprint density at radius 1 is 0.231 bits per heavy atom. The van der Waals surface area contributed by atoms with Crippen molar-refractivity contribution in [2.24, 2.45) is 0 Å². The lowest BCUT2D eigenvalue weighted by atomic mass is 10.0. The summed E-state index contributed by atoms with van der Waals surface area (Å²) in [7, 11) is 4.12. The molecule has 12 aromatic carbocycles. The van der Waals surface area contributed by atoms with Gasteiger partial charge < -0.3 is 19.6 Å². The van der Waals surface area contributed by atoms with Crippen LogP contribution in [0.5, 0.6) is 0 Å². The van der Waals surface area contributed by atoms with E-state index >= 15 is 0 Å². The summed E-state index contributed by atoms with van der Waals surface area (Å²) in [6, 6.07) is 111. The fraction of sp³-hybridized carbons (Fsp3) is 0.0274. The average Bonchev–Trinajstić information content (AvgIpc) is 3.56. The molecule has 0 bridgehead atoms. The van der Waals surface area contributed by atoms with Crippen molar-refractivity contribution in [2.45, 2.75) is 0 Å². The first-order valence-electron chi connectivity index (χ1n) is 26.2. The topological polar surface area (TPSA) is 36.8 Å². The third-order valence-electron chi connectivity index (χ3n) is 14.2. The highest BCUT2D eigenvalue weighted by atomic mass is 15.1. The van der Waals surface area contributed by atoms with Gasteiger partial charge in [-0.25, -0.2) is 0 Å². The first kappa shape index (κ1) is 49.8. The maximum absolute atomic E-state index is 9.23. The lowest BCUT2D eigenvalue weighted by Gasteiger charge is -2.26. The van der Waals surface area contributed by atoms with Crippen LogP contribution in [-0.2, 0) is 0 Å². The zero-order valence-corrected chi connectivity index (χ0v) is 43.7. The number of hydrogen-bond acceptors (Lipinski definition) is 5. The van der Waals surface area contributed by atoms with Crippen LogP contribution in [0.15, 0.2) is 309 Å². The summed E-state index contributed by atoms with van der Waals surface area (Å²) in [5.74, 6) is 0. The highest BCUT2D eigenvalue weighted by Crippen LogP contribution is 2.39. The highest BCUT2D eigenvalue weighted by Gasteiger charge is 2.16. The summed E-state index contributed by atoms with van der Waals surface area (Å²) in [5, 5.41) is 11.7. The molecule has 5 heteroatoms. The predicted molar refractivity (Wildman–Crippen MR) is 330 cm³/mol. The van der Waals surface area contributed by atoms with E-state index in [2.05, 4.69) is 306 Å². The predicted octanol–water partition coefficient (Wildman–Crippen LogP) is 19.9. The van der Waals surface area contributed by atoms with E-state index in [4.69, 9.17) is 0 Å². The molecule has 0 aliphatic heterocycles. The zero-order chi connectivity index (χ0) is 53.0. The molecular formula is C73H57N5. The Morgan fingerprint density at radius 2 is 0.526 bits per heavy atom. The van der Waals surface area contributed by atoms with Crippen molar-refractivity contribution in [2.75, 3.05) is 33.7 Å². The summed E-state index contributed by atoms with van der Waals surface area (Å²) in [6.07, 6.45) is 0. The molecule has 0 aliphatic carbocycles. The largest absolute Gasteiger partial charge is 0.345 e. The van der Waals surface area contributed by atoms with E-state index in [0.29, 0.717) is 5.56 Å². The third kappa shape index (κ3) is 11.3. The Morgan fingerprint density at radius 3 is 0.962 bits per heavy atom. The highest BCUT2D eigenvalue weighted by molar-refractivity contribution is 5.90. The molecule has 12 aromatic rings. The van der Waals surface area contributed by atoms with Crippen LogP contribution in [0.25, 0.3) is 44.2 Å². The monoisotopic (exact) mass is 1000 g/mol. The maximum Gasteiger partial charge on any atom is 0.0992 e. The van der Waals surface area contributed by atoms with Crippen LogP contribution in [0, 0.1) is 11.3 Å². The fourth-order valence-corrected chi connectivity index (χ4v) is 9.89. The van der Waals surface area contributed by atoms with Gasteiger partial charge in [0, 0.05) is 71.0 Å². The van der Waals surface area contributed by atoms with Crippen LogP contribution in [0.2, 0.25) is 0 Å². The molecule has 0 N–H and O–H groups in total. The standard InChI is InChI=1S/C37H30N2.C36H27N3/c1-38(33-13-7-3-8-14-33)34-23-17-31(18-24-34)32-21-27-37(28-22-32)39(35-15-9-4-10-16-35)36-25-19-30(20-26-36)29-11-5-2-6-12-29;1-38(35-13-7-8-27(24-35)26-37)32-19-14-29(15-20-32)30-16-21-34(22-17-30)39(33-11-3-2-4-12-33)36-23-18-28-9-5-6-10-31(28)25-36/h2-28H,1H3;2-25H,1H3. The smallest absolute Gasteiger partial charge is 0.0992 e. The Bertz CT molecular complexity index is 3900. The molecule has 5 nitrogen and oxygen atoms in total. The zero-order valence-electron chi connectivity index (χ0n) is 43.7. The van der Waals surface area contributed by atoms with Crippen LogP contribution in [0.4, 0.5) is 56.9 Å². The van der Waals surface area contributed by atoms with Gasteiger partial charge in [-0.15, -0.1) is 0 Å². The van der Waals surface area contributed by atoms with Crippen LogP contribution >= 0.6 is 0 Å². The second kappa shape index (κ2) is 23.4. The van der Waals surface area contributed by atoms with E-state index < -0.39 is 0 Å². The molecule has 0 saturated carbocycles. The quantitative estimate of drug-likeness (QED) is 0.115. The summed E-state index contributed by atoms with van der Waals surface area (Å²) >= 11 is 0.